The maximum absolute atomic E-state index is 10.9. The van der Waals surface area contributed by atoms with Crippen LogP contribution >= 0.6 is 11.6 Å². The molecule has 0 heterocycles. The molecule has 0 aliphatic heterocycles. The van der Waals surface area contributed by atoms with E-state index in [1.165, 1.54) is 12.1 Å². The molecule has 0 atom stereocenters. The van der Waals surface area contributed by atoms with Gasteiger partial charge in [0, 0.05) is 6.54 Å². The first-order valence-electron chi connectivity index (χ1n) is 6.53. The third-order valence-electron chi connectivity index (χ3n) is 2.98. The molecule has 0 aliphatic rings. The zero-order valence-electron chi connectivity index (χ0n) is 11.6. The van der Waals surface area contributed by atoms with Crippen molar-refractivity contribution in [1.82, 2.24) is 0 Å². The molecule has 5 heteroatoms. The van der Waals surface area contributed by atoms with Crippen LogP contribution in [-0.2, 0) is 0 Å². The van der Waals surface area contributed by atoms with Crippen molar-refractivity contribution in [2.24, 2.45) is 0 Å². The minimum Gasteiger partial charge on any atom is -0.492 e. The van der Waals surface area contributed by atoms with Gasteiger partial charge in [-0.25, -0.2) is 4.79 Å². The molecule has 0 amide bonds. The van der Waals surface area contributed by atoms with Crippen LogP contribution in [0, 0.1) is 6.92 Å². The lowest BCUT2D eigenvalue weighted by Crippen LogP contribution is -2.12. The van der Waals surface area contributed by atoms with Gasteiger partial charge in [0.25, 0.3) is 0 Å². The summed E-state index contributed by atoms with van der Waals surface area (Å²) in [6.45, 7) is 2.96. The lowest BCUT2D eigenvalue weighted by atomic mass is 10.2. The second kappa shape index (κ2) is 6.99. The fourth-order valence-corrected chi connectivity index (χ4v) is 2.21. The minimum atomic E-state index is -0.967. The average Bonchev–Trinajstić information content (AvgIpc) is 2.46. The minimum absolute atomic E-state index is 0.211. The number of aromatic carboxylic acids is 1. The van der Waals surface area contributed by atoms with Gasteiger partial charge in [0.2, 0.25) is 0 Å². The number of carboxylic acids is 1. The Bertz CT molecular complexity index is 623. The smallest absolute Gasteiger partial charge is 0.335 e. The Hall–Kier alpha value is -2.20. The monoisotopic (exact) mass is 305 g/mol. The maximum Gasteiger partial charge on any atom is 0.335 e. The largest absolute Gasteiger partial charge is 0.492 e. The van der Waals surface area contributed by atoms with E-state index < -0.39 is 5.97 Å². The van der Waals surface area contributed by atoms with Crippen LogP contribution in [-0.4, -0.2) is 24.2 Å². The Morgan fingerprint density at radius 3 is 2.76 bits per heavy atom. The summed E-state index contributed by atoms with van der Waals surface area (Å²) in [4.78, 5) is 10.9. The molecule has 0 spiro atoms. The number of hydrogen-bond acceptors (Lipinski definition) is 3. The van der Waals surface area contributed by atoms with Crippen LogP contribution in [0.1, 0.15) is 15.9 Å². The number of carboxylic acid groups (broad SMARTS) is 1. The number of halogens is 1. The fourth-order valence-electron chi connectivity index (χ4n) is 1.92. The first kappa shape index (κ1) is 15.2. The number of hydrogen-bond donors (Lipinski definition) is 2. The van der Waals surface area contributed by atoms with E-state index in [1.54, 1.807) is 12.1 Å². The average molecular weight is 306 g/mol. The number of rotatable bonds is 6. The quantitative estimate of drug-likeness (QED) is 0.796. The van der Waals surface area contributed by atoms with Gasteiger partial charge < -0.3 is 15.2 Å². The number of benzene rings is 2. The van der Waals surface area contributed by atoms with Crippen molar-refractivity contribution in [2.45, 2.75) is 6.92 Å². The Labute approximate surface area is 128 Å². The van der Waals surface area contributed by atoms with Crippen LogP contribution in [0.4, 0.5) is 5.69 Å². The van der Waals surface area contributed by atoms with E-state index in [2.05, 4.69) is 5.32 Å². The van der Waals surface area contributed by atoms with E-state index in [0.29, 0.717) is 23.9 Å². The lowest BCUT2D eigenvalue weighted by molar-refractivity contribution is 0.0696. The highest BCUT2D eigenvalue weighted by Gasteiger charge is 2.05. The molecule has 0 saturated carbocycles. The molecule has 0 fully saturated rings. The van der Waals surface area contributed by atoms with E-state index in [0.717, 1.165) is 11.3 Å². The highest BCUT2D eigenvalue weighted by molar-refractivity contribution is 6.33. The van der Waals surface area contributed by atoms with Gasteiger partial charge in [-0.3, -0.25) is 0 Å². The number of aryl methyl sites for hydroxylation is 1. The van der Waals surface area contributed by atoms with Crippen molar-refractivity contribution < 1.29 is 14.6 Å². The van der Waals surface area contributed by atoms with Gasteiger partial charge in [-0.1, -0.05) is 29.8 Å². The van der Waals surface area contributed by atoms with E-state index in [-0.39, 0.29) is 5.56 Å². The summed E-state index contributed by atoms with van der Waals surface area (Å²) < 4.78 is 5.53. The fraction of sp³-hybridized carbons (Fsp3) is 0.188. The Balaban J connectivity index is 1.88. The third-order valence-corrected chi connectivity index (χ3v) is 3.29. The zero-order chi connectivity index (χ0) is 15.2. The van der Waals surface area contributed by atoms with Gasteiger partial charge in [0.1, 0.15) is 12.4 Å². The Morgan fingerprint density at radius 1 is 1.29 bits per heavy atom. The number of anilines is 1. The first-order chi connectivity index (χ1) is 10.1. The molecule has 0 aliphatic carbocycles. The maximum atomic E-state index is 10.9. The summed E-state index contributed by atoms with van der Waals surface area (Å²) in [5.41, 5.74) is 2.17. The number of carbonyl (C=O) groups is 1. The molecule has 110 valence electrons. The topological polar surface area (TPSA) is 58.6 Å². The van der Waals surface area contributed by atoms with Gasteiger partial charge >= 0.3 is 5.97 Å². The van der Waals surface area contributed by atoms with Crippen LogP contribution in [0.3, 0.4) is 0 Å². The van der Waals surface area contributed by atoms with Crippen molar-refractivity contribution in [3.63, 3.8) is 0 Å². The molecule has 0 saturated heterocycles. The van der Waals surface area contributed by atoms with Gasteiger partial charge in [-0.05, 0) is 36.8 Å². The summed E-state index contributed by atoms with van der Waals surface area (Å²) in [5.74, 6) is -0.433. The van der Waals surface area contributed by atoms with Crippen molar-refractivity contribution >= 4 is 23.3 Å². The second-order valence-electron chi connectivity index (χ2n) is 4.54. The molecule has 2 aromatic rings. The third kappa shape index (κ3) is 4.13. The molecule has 0 aromatic heterocycles. The highest BCUT2D eigenvalue weighted by atomic mass is 35.5. The predicted molar refractivity (Wildman–Crippen MR) is 83.6 cm³/mol. The van der Waals surface area contributed by atoms with Gasteiger partial charge in [-0.2, -0.15) is 0 Å². The summed E-state index contributed by atoms with van der Waals surface area (Å²) in [5, 5.41) is 12.8. The zero-order valence-corrected chi connectivity index (χ0v) is 12.4. The van der Waals surface area contributed by atoms with Crippen molar-refractivity contribution in [3.8, 4) is 5.75 Å². The number of ether oxygens (including phenoxy) is 1. The van der Waals surface area contributed by atoms with E-state index in [1.807, 2.05) is 25.1 Å². The van der Waals surface area contributed by atoms with Crippen molar-refractivity contribution in [1.29, 1.82) is 0 Å². The van der Waals surface area contributed by atoms with Gasteiger partial charge in [0.15, 0.2) is 0 Å². The van der Waals surface area contributed by atoms with Crippen LogP contribution < -0.4 is 10.1 Å². The predicted octanol–water partition coefficient (Wildman–Crippen LogP) is 3.84. The SMILES string of the molecule is Cc1cccc(Cl)c1NCCOc1cccc(C(=O)O)c1. The molecule has 2 N–H and O–H groups in total. The molecule has 4 nitrogen and oxygen atoms in total. The number of nitrogens with one attached hydrogen (secondary N) is 1. The van der Waals surface area contributed by atoms with E-state index in [4.69, 9.17) is 21.4 Å². The van der Waals surface area contributed by atoms with E-state index in [9.17, 15) is 4.79 Å². The first-order valence-corrected chi connectivity index (χ1v) is 6.91. The molecule has 0 unspecified atom stereocenters. The summed E-state index contributed by atoms with van der Waals surface area (Å²) >= 11 is 6.11. The molecule has 21 heavy (non-hydrogen) atoms. The molecular weight excluding hydrogens is 290 g/mol. The van der Waals surface area contributed by atoms with Crippen LogP contribution in [0.25, 0.3) is 0 Å². The van der Waals surface area contributed by atoms with Crippen LogP contribution in [0.15, 0.2) is 42.5 Å². The number of para-hydroxylation sites is 1. The summed E-state index contributed by atoms with van der Waals surface area (Å²) in [6, 6.07) is 12.1. The van der Waals surface area contributed by atoms with Gasteiger partial charge in [0.05, 0.1) is 16.3 Å². The Kier molecular flexibility index (Phi) is 5.06. The van der Waals surface area contributed by atoms with E-state index >= 15 is 0 Å². The second-order valence-corrected chi connectivity index (χ2v) is 4.95. The lowest BCUT2D eigenvalue weighted by Gasteiger charge is -2.12. The van der Waals surface area contributed by atoms with Gasteiger partial charge in [-0.15, -0.1) is 0 Å². The van der Waals surface area contributed by atoms with Crippen LogP contribution in [0.5, 0.6) is 5.75 Å². The highest BCUT2D eigenvalue weighted by Crippen LogP contribution is 2.24. The molecule has 2 aromatic carbocycles. The molecular formula is C16H16ClNO3. The molecule has 0 radical (unpaired) electrons. The van der Waals surface area contributed by atoms with Crippen molar-refractivity contribution in [3.05, 3.63) is 58.6 Å². The summed E-state index contributed by atoms with van der Waals surface area (Å²) in [6.07, 6.45) is 0. The normalized spacial score (nSPS) is 10.2. The Morgan fingerprint density at radius 2 is 2.05 bits per heavy atom. The standard InChI is InChI=1S/C16H16ClNO3/c1-11-4-2-7-14(17)15(11)18-8-9-21-13-6-3-5-12(10-13)16(19)20/h2-7,10,18H,8-9H2,1H3,(H,19,20). The molecule has 0 bridgehead atoms. The molecule has 2 rings (SSSR count). The van der Waals surface area contributed by atoms with Crippen LogP contribution in [0.2, 0.25) is 5.02 Å². The van der Waals surface area contributed by atoms with Crippen molar-refractivity contribution in [2.75, 3.05) is 18.5 Å². The summed E-state index contributed by atoms with van der Waals surface area (Å²) in [7, 11) is 0.